The van der Waals surface area contributed by atoms with E-state index in [0.29, 0.717) is 19.4 Å². The maximum absolute atomic E-state index is 13.1. The topological polar surface area (TPSA) is 30.9 Å². The summed E-state index contributed by atoms with van der Waals surface area (Å²) >= 11 is 0. The molecule has 41 heavy (non-hydrogen) atoms. The Kier molecular flexibility index (Phi) is 9.60. The Balaban J connectivity index is 1.54. The first-order valence-electron chi connectivity index (χ1n) is 14.9. The number of benzene rings is 2. The Bertz CT molecular complexity index is 1370. The molecule has 3 aliphatic rings. The number of rotatable bonds is 10. The lowest BCUT2D eigenvalue weighted by Gasteiger charge is -2.20. The summed E-state index contributed by atoms with van der Waals surface area (Å²) in [6.45, 7) is 9.24. The molecule has 1 saturated heterocycles. The zero-order valence-corrected chi connectivity index (χ0v) is 24.5. The van der Waals surface area contributed by atoms with Crippen LogP contribution in [-0.4, -0.2) is 43.9 Å². The summed E-state index contributed by atoms with van der Waals surface area (Å²) in [4.78, 5) is 6.39. The van der Waals surface area contributed by atoms with Crippen molar-refractivity contribution in [3.8, 4) is 11.5 Å². The molecule has 4 nitrogen and oxygen atoms in total. The fraction of sp³-hybridized carbons (Fsp3) is 0.429. The second-order valence-corrected chi connectivity index (χ2v) is 11.1. The Morgan fingerprint density at radius 2 is 1.88 bits per heavy atom. The summed E-state index contributed by atoms with van der Waals surface area (Å²) < 4.78 is 38.1. The van der Waals surface area contributed by atoms with Gasteiger partial charge in [-0.25, -0.2) is 0 Å². The number of nitrogens with zero attached hydrogens (tertiary/aromatic N) is 1. The van der Waals surface area contributed by atoms with E-state index >= 15 is 0 Å². The summed E-state index contributed by atoms with van der Waals surface area (Å²) in [6.07, 6.45) is 13.7. The van der Waals surface area contributed by atoms with E-state index < -0.39 is 0 Å². The van der Waals surface area contributed by atoms with Crippen LogP contribution in [0.25, 0.3) is 11.1 Å². The van der Waals surface area contributed by atoms with Gasteiger partial charge in [0.25, 0.3) is 0 Å². The minimum absolute atomic E-state index is 0.131. The van der Waals surface area contributed by atoms with Crippen molar-refractivity contribution in [1.29, 1.82) is 0 Å². The van der Waals surface area contributed by atoms with E-state index in [9.17, 15) is 8.92 Å². The van der Waals surface area contributed by atoms with Crippen molar-refractivity contribution < 1.29 is 23.3 Å². The van der Waals surface area contributed by atoms with Gasteiger partial charge < -0.3 is 9.47 Å². The minimum atomic E-state index is -0.273. The van der Waals surface area contributed by atoms with Crippen LogP contribution in [0.15, 0.2) is 66.0 Å². The SMILES string of the molecule is CCOc1ccc(C2=C(C3=CC=C(O[C@H]4CCN(CCCF)C4)CC=C3)c3ccc(OF)cc3CCC2)c(C)c1C. The standard InChI is InChI=1S/C35H41F2NO3/c1-4-39-34-17-16-31(24(2)25(34)3)33-11-6-9-27-22-29(41-37)14-15-32(27)35(33)26-8-5-10-28(13-12-26)40-30-18-21-38(23-30)20-7-19-36/h5,8,12-17,22,30H,4,6-7,9-11,18-21,23H2,1-3H3/t30-/m0/s1. The predicted octanol–water partition coefficient (Wildman–Crippen LogP) is 8.43. The van der Waals surface area contributed by atoms with Crippen molar-refractivity contribution >= 4 is 11.1 Å². The van der Waals surface area contributed by atoms with Gasteiger partial charge in [0.05, 0.1) is 13.3 Å². The van der Waals surface area contributed by atoms with Crippen molar-refractivity contribution in [2.45, 2.75) is 65.4 Å². The highest BCUT2D eigenvalue weighted by molar-refractivity contribution is 6.02. The van der Waals surface area contributed by atoms with Crippen molar-refractivity contribution in [1.82, 2.24) is 4.90 Å². The molecule has 0 spiro atoms. The van der Waals surface area contributed by atoms with Crippen LogP contribution in [-0.2, 0) is 11.2 Å². The molecular weight excluding hydrogens is 520 g/mol. The smallest absolute Gasteiger partial charge is 0.172 e. The van der Waals surface area contributed by atoms with E-state index in [2.05, 4.69) is 60.1 Å². The summed E-state index contributed by atoms with van der Waals surface area (Å²) in [7, 11) is 0. The van der Waals surface area contributed by atoms with Crippen LogP contribution in [0.2, 0.25) is 0 Å². The maximum atomic E-state index is 13.1. The average Bonchev–Trinajstić information content (AvgIpc) is 3.18. The second-order valence-electron chi connectivity index (χ2n) is 11.1. The molecule has 0 saturated carbocycles. The zero-order chi connectivity index (χ0) is 28.8. The molecule has 1 fully saturated rings. The number of allylic oxidation sites excluding steroid dienone is 7. The third kappa shape index (κ3) is 6.59. The largest absolute Gasteiger partial charge is 0.494 e. The molecule has 2 aliphatic carbocycles. The Hall–Kier alpha value is -3.38. The second kappa shape index (κ2) is 13.5. The predicted molar refractivity (Wildman–Crippen MR) is 161 cm³/mol. The molecule has 0 N–H and O–H groups in total. The third-order valence-electron chi connectivity index (χ3n) is 8.48. The quantitative estimate of drug-likeness (QED) is 0.291. The van der Waals surface area contributed by atoms with Crippen LogP contribution >= 0.6 is 0 Å². The maximum Gasteiger partial charge on any atom is 0.172 e. The molecule has 6 heteroatoms. The monoisotopic (exact) mass is 561 g/mol. The fourth-order valence-corrected chi connectivity index (χ4v) is 6.30. The summed E-state index contributed by atoms with van der Waals surface area (Å²) in [6, 6.07) is 9.80. The molecule has 0 unspecified atom stereocenters. The molecule has 0 aromatic heterocycles. The van der Waals surface area contributed by atoms with Crippen LogP contribution in [0.1, 0.15) is 66.8 Å². The normalized spacial score (nSPS) is 19.3. The summed E-state index contributed by atoms with van der Waals surface area (Å²) in [5.41, 5.74) is 9.35. The molecule has 1 atom stereocenters. The van der Waals surface area contributed by atoms with E-state index in [4.69, 9.17) is 9.47 Å². The Morgan fingerprint density at radius 1 is 1.02 bits per heavy atom. The van der Waals surface area contributed by atoms with E-state index in [-0.39, 0.29) is 18.5 Å². The molecule has 0 bridgehead atoms. The first-order chi connectivity index (χ1) is 20.0. The molecule has 0 amide bonds. The number of ether oxygens (including phenoxy) is 2. The highest BCUT2D eigenvalue weighted by Crippen LogP contribution is 2.43. The molecule has 5 rings (SSSR count). The number of fused-ring (bicyclic) bond motifs is 1. The lowest BCUT2D eigenvalue weighted by Crippen LogP contribution is -2.24. The van der Waals surface area contributed by atoms with Gasteiger partial charge in [0.2, 0.25) is 0 Å². The minimum Gasteiger partial charge on any atom is -0.494 e. The highest BCUT2D eigenvalue weighted by atomic mass is 19.3. The molecule has 218 valence electrons. The lowest BCUT2D eigenvalue weighted by atomic mass is 9.85. The van der Waals surface area contributed by atoms with Gasteiger partial charge in [-0.15, -0.1) is 0 Å². The van der Waals surface area contributed by atoms with Crippen molar-refractivity contribution in [2.75, 3.05) is 32.9 Å². The number of likely N-dealkylation sites (tertiary alicyclic amines) is 1. The van der Waals surface area contributed by atoms with E-state index in [1.807, 2.05) is 19.1 Å². The van der Waals surface area contributed by atoms with Crippen LogP contribution in [0, 0.1) is 13.8 Å². The van der Waals surface area contributed by atoms with E-state index in [1.54, 1.807) is 6.07 Å². The number of hydrogen-bond acceptors (Lipinski definition) is 4. The van der Waals surface area contributed by atoms with Gasteiger partial charge >= 0.3 is 0 Å². The third-order valence-corrected chi connectivity index (χ3v) is 8.48. The van der Waals surface area contributed by atoms with Crippen LogP contribution in [0.4, 0.5) is 8.92 Å². The van der Waals surface area contributed by atoms with Crippen LogP contribution in [0.3, 0.4) is 0 Å². The van der Waals surface area contributed by atoms with E-state index in [1.165, 1.54) is 22.3 Å². The van der Waals surface area contributed by atoms with Gasteiger partial charge in [0.1, 0.15) is 17.6 Å². The number of halogens is 2. The van der Waals surface area contributed by atoms with Gasteiger partial charge in [0.15, 0.2) is 5.75 Å². The Labute approximate surface area is 242 Å². The first kappa shape index (κ1) is 29.1. The lowest BCUT2D eigenvalue weighted by molar-refractivity contribution is -0.00629. The highest BCUT2D eigenvalue weighted by Gasteiger charge is 2.26. The van der Waals surface area contributed by atoms with Gasteiger partial charge in [-0.1, -0.05) is 30.4 Å². The molecule has 0 radical (unpaired) electrons. The fourth-order valence-electron chi connectivity index (χ4n) is 6.30. The summed E-state index contributed by atoms with van der Waals surface area (Å²) in [5.74, 6) is 2.10. The molecule has 1 heterocycles. The molecule has 1 aliphatic heterocycles. The first-order valence-corrected chi connectivity index (χ1v) is 14.9. The van der Waals surface area contributed by atoms with Gasteiger partial charge in [-0.05, 0) is 122 Å². The molecule has 2 aromatic carbocycles. The average molecular weight is 562 g/mol. The number of hydrogen-bond donors (Lipinski definition) is 0. The number of aryl methyl sites for hydroxylation is 1. The molecule has 2 aromatic rings. The van der Waals surface area contributed by atoms with Crippen molar-refractivity contribution in [3.63, 3.8) is 0 Å². The van der Waals surface area contributed by atoms with Crippen molar-refractivity contribution in [2.24, 2.45) is 0 Å². The van der Waals surface area contributed by atoms with Gasteiger partial charge in [-0.2, -0.15) is 0 Å². The van der Waals surface area contributed by atoms with Gasteiger partial charge in [-0.3, -0.25) is 14.2 Å². The van der Waals surface area contributed by atoms with Crippen LogP contribution in [0.5, 0.6) is 11.5 Å². The summed E-state index contributed by atoms with van der Waals surface area (Å²) in [5, 5.41) is 0. The molecular formula is C35H41F2NO3. The van der Waals surface area contributed by atoms with Crippen LogP contribution < -0.4 is 9.68 Å². The van der Waals surface area contributed by atoms with E-state index in [0.717, 1.165) is 79.1 Å². The van der Waals surface area contributed by atoms with Gasteiger partial charge in [0, 0.05) is 30.6 Å². The van der Waals surface area contributed by atoms with Crippen molar-refractivity contribution in [3.05, 3.63) is 93.8 Å². The Morgan fingerprint density at radius 3 is 2.68 bits per heavy atom. The zero-order valence-electron chi connectivity index (χ0n) is 24.5. The number of alkyl halides is 1.